The van der Waals surface area contributed by atoms with Crippen molar-refractivity contribution in [2.45, 2.75) is 13.5 Å². The van der Waals surface area contributed by atoms with Crippen LogP contribution in [0.25, 0.3) is 10.9 Å². The number of benzene rings is 1. The third-order valence-corrected chi connectivity index (χ3v) is 2.62. The van der Waals surface area contributed by atoms with Crippen LogP contribution in [-0.4, -0.2) is 9.72 Å². The van der Waals surface area contributed by atoms with Crippen molar-refractivity contribution in [3.05, 3.63) is 54.0 Å². The molecule has 0 amide bonds. The van der Waals surface area contributed by atoms with Gasteiger partial charge >= 0.3 is 0 Å². The molecular weight excluding hydrogens is 200 g/mol. The van der Waals surface area contributed by atoms with Crippen molar-refractivity contribution in [2.24, 2.45) is 0 Å². The second kappa shape index (κ2) is 3.52. The van der Waals surface area contributed by atoms with Crippen molar-refractivity contribution in [2.75, 3.05) is 0 Å². The molecule has 0 saturated carbocycles. The molecule has 0 spiro atoms. The van der Waals surface area contributed by atoms with Crippen LogP contribution in [-0.2, 0) is 6.54 Å². The van der Waals surface area contributed by atoms with Gasteiger partial charge in [-0.2, -0.15) is 0 Å². The Kier molecular flexibility index (Phi) is 2.03. The highest BCUT2D eigenvalue weighted by atomic mass is 16.5. The molecule has 0 saturated heterocycles. The van der Waals surface area contributed by atoms with E-state index in [1.165, 1.54) is 10.9 Å². The summed E-state index contributed by atoms with van der Waals surface area (Å²) >= 11 is 0. The fourth-order valence-electron chi connectivity index (χ4n) is 1.89. The maximum atomic E-state index is 5.06. The molecule has 0 atom stereocenters. The van der Waals surface area contributed by atoms with Crippen LogP contribution < -0.4 is 0 Å². The van der Waals surface area contributed by atoms with E-state index in [0.29, 0.717) is 0 Å². The van der Waals surface area contributed by atoms with E-state index in [0.717, 1.165) is 18.0 Å². The second-order valence-corrected chi connectivity index (χ2v) is 3.86. The minimum absolute atomic E-state index is 0.741. The number of nitrogens with zero attached hydrogens (tertiary/aromatic N) is 2. The van der Waals surface area contributed by atoms with Crippen molar-refractivity contribution in [3.63, 3.8) is 0 Å². The molecule has 0 N–H and O–H groups in total. The number of hydrogen-bond donors (Lipinski definition) is 0. The van der Waals surface area contributed by atoms with Crippen LogP contribution in [0.4, 0.5) is 0 Å². The Morgan fingerprint density at radius 3 is 3.19 bits per heavy atom. The highest BCUT2D eigenvalue weighted by Gasteiger charge is 2.04. The van der Waals surface area contributed by atoms with Gasteiger partial charge in [-0.3, -0.25) is 0 Å². The van der Waals surface area contributed by atoms with Crippen LogP contribution >= 0.6 is 0 Å². The maximum absolute atomic E-state index is 5.06. The molecular formula is C13H11N2O. The van der Waals surface area contributed by atoms with E-state index in [2.05, 4.69) is 34.1 Å². The predicted molar refractivity (Wildman–Crippen MR) is 61.1 cm³/mol. The van der Waals surface area contributed by atoms with Gasteiger partial charge in [-0.25, -0.2) is 0 Å². The summed E-state index contributed by atoms with van der Waals surface area (Å²) in [6, 6.07) is 13.1. The second-order valence-electron chi connectivity index (χ2n) is 3.86. The van der Waals surface area contributed by atoms with E-state index in [1.54, 1.807) is 0 Å². The Balaban J connectivity index is 2.00. The van der Waals surface area contributed by atoms with Crippen LogP contribution in [0, 0.1) is 13.0 Å². The normalized spacial score (nSPS) is 11.1. The zero-order chi connectivity index (χ0) is 11.0. The molecule has 16 heavy (non-hydrogen) atoms. The first-order valence-corrected chi connectivity index (χ1v) is 5.20. The first-order valence-electron chi connectivity index (χ1n) is 5.20. The Bertz CT molecular complexity index is 621. The predicted octanol–water partition coefficient (Wildman–Crippen LogP) is 2.79. The Morgan fingerprint density at radius 1 is 1.44 bits per heavy atom. The molecule has 0 bridgehead atoms. The van der Waals surface area contributed by atoms with E-state index in [4.69, 9.17) is 4.52 Å². The smallest absolute Gasteiger partial charge is 0.133 e. The fraction of sp³-hybridized carbons (Fsp3) is 0.154. The molecule has 1 aromatic carbocycles. The van der Waals surface area contributed by atoms with Crippen molar-refractivity contribution in [1.29, 1.82) is 0 Å². The van der Waals surface area contributed by atoms with Crippen LogP contribution in [0.3, 0.4) is 0 Å². The van der Waals surface area contributed by atoms with E-state index in [9.17, 15) is 0 Å². The fourth-order valence-corrected chi connectivity index (χ4v) is 1.89. The highest BCUT2D eigenvalue weighted by molar-refractivity contribution is 5.79. The molecule has 2 aromatic heterocycles. The third kappa shape index (κ3) is 1.50. The molecule has 0 aliphatic carbocycles. The molecule has 3 rings (SSSR count). The van der Waals surface area contributed by atoms with Gasteiger partial charge in [0.1, 0.15) is 11.5 Å². The number of fused-ring (bicyclic) bond motifs is 1. The Labute approximate surface area is 93.3 Å². The van der Waals surface area contributed by atoms with Gasteiger partial charge in [0, 0.05) is 23.2 Å². The van der Waals surface area contributed by atoms with Crippen molar-refractivity contribution >= 4 is 10.9 Å². The lowest BCUT2D eigenvalue weighted by Gasteiger charge is -2.01. The summed E-state index contributed by atoms with van der Waals surface area (Å²) in [7, 11) is 0. The quantitative estimate of drug-likeness (QED) is 0.652. The molecule has 0 aliphatic rings. The van der Waals surface area contributed by atoms with E-state index >= 15 is 0 Å². The molecule has 3 aromatic rings. The van der Waals surface area contributed by atoms with Gasteiger partial charge in [-0.05, 0) is 31.2 Å². The molecule has 0 unspecified atom stereocenters. The first-order chi connectivity index (χ1) is 7.83. The number of rotatable bonds is 2. The Hall–Kier alpha value is -2.03. The van der Waals surface area contributed by atoms with Gasteiger partial charge < -0.3 is 9.09 Å². The number of aryl methyl sites for hydroxylation is 1. The average molecular weight is 211 g/mol. The molecule has 3 nitrogen and oxygen atoms in total. The summed E-state index contributed by atoms with van der Waals surface area (Å²) in [5, 5.41) is 5.19. The van der Waals surface area contributed by atoms with Gasteiger partial charge in [0.05, 0.1) is 6.54 Å². The summed E-state index contributed by atoms with van der Waals surface area (Å²) in [4.78, 5) is 0. The van der Waals surface area contributed by atoms with E-state index in [-0.39, 0.29) is 0 Å². The minimum Gasteiger partial charge on any atom is -0.361 e. The maximum Gasteiger partial charge on any atom is 0.133 e. The van der Waals surface area contributed by atoms with Gasteiger partial charge in [-0.1, -0.05) is 11.2 Å². The monoisotopic (exact) mass is 211 g/mol. The van der Waals surface area contributed by atoms with Gasteiger partial charge in [0.15, 0.2) is 0 Å². The summed E-state index contributed by atoms with van der Waals surface area (Å²) < 4.78 is 7.21. The molecule has 0 fully saturated rings. The summed E-state index contributed by atoms with van der Waals surface area (Å²) in [5.74, 6) is 0.847. The number of hydrogen-bond acceptors (Lipinski definition) is 2. The lowest BCUT2D eigenvalue weighted by atomic mass is 10.2. The van der Waals surface area contributed by atoms with Crippen LogP contribution in [0.5, 0.6) is 0 Å². The Morgan fingerprint density at radius 2 is 2.38 bits per heavy atom. The molecule has 2 heterocycles. The lowest BCUT2D eigenvalue weighted by molar-refractivity contribution is 0.389. The zero-order valence-corrected chi connectivity index (χ0v) is 8.97. The van der Waals surface area contributed by atoms with Crippen LogP contribution in [0.2, 0.25) is 0 Å². The summed E-state index contributed by atoms with van der Waals surface area (Å²) in [5.41, 5.74) is 2.14. The van der Waals surface area contributed by atoms with E-state index < -0.39 is 0 Å². The first kappa shape index (κ1) is 9.21. The third-order valence-electron chi connectivity index (χ3n) is 2.62. The molecule has 3 heteroatoms. The van der Waals surface area contributed by atoms with Crippen LogP contribution in [0.15, 0.2) is 41.1 Å². The topological polar surface area (TPSA) is 31.0 Å². The van der Waals surface area contributed by atoms with Crippen LogP contribution in [0.1, 0.15) is 11.5 Å². The van der Waals surface area contributed by atoms with Crippen molar-refractivity contribution in [1.82, 2.24) is 9.72 Å². The van der Waals surface area contributed by atoms with Gasteiger partial charge in [-0.15, -0.1) is 0 Å². The summed E-state index contributed by atoms with van der Waals surface area (Å²) in [6.07, 6.45) is 2.06. The van der Waals surface area contributed by atoms with Crippen molar-refractivity contribution in [3.8, 4) is 0 Å². The van der Waals surface area contributed by atoms with E-state index in [1.807, 2.05) is 25.1 Å². The highest BCUT2D eigenvalue weighted by Crippen LogP contribution is 2.16. The largest absolute Gasteiger partial charge is 0.361 e. The summed E-state index contributed by atoms with van der Waals surface area (Å²) in [6.45, 7) is 2.64. The molecule has 1 radical (unpaired) electrons. The SMILES string of the molecule is Cc1cc(Cn2ccc3c[c]ccc32)no1. The van der Waals surface area contributed by atoms with Crippen molar-refractivity contribution < 1.29 is 4.52 Å². The average Bonchev–Trinajstić information content (AvgIpc) is 2.87. The number of aromatic nitrogens is 2. The zero-order valence-electron chi connectivity index (χ0n) is 8.97. The van der Waals surface area contributed by atoms with Gasteiger partial charge in [0.25, 0.3) is 0 Å². The minimum atomic E-state index is 0.741. The lowest BCUT2D eigenvalue weighted by Crippen LogP contribution is -1.97. The molecule has 0 aliphatic heterocycles. The molecule has 79 valence electrons. The standard InChI is InChI=1S/C13H11N2O/c1-10-8-12(14-16-10)9-15-7-6-11-4-2-3-5-13(11)15/h3-8H,9H2,1H3. The van der Waals surface area contributed by atoms with Gasteiger partial charge in [0.2, 0.25) is 0 Å².